The van der Waals surface area contributed by atoms with Crippen LogP contribution >= 0.6 is 0 Å². The molecule has 0 heterocycles. The maximum Gasteiger partial charge on any atom is 1.00 e. The molecule has 0 unspecified atom stereocenters. The van der Waals surface area contributed by atoms with Gasteiger partial charge in [0.1, 0.15) is 0 Å². The smallest absolute Gasteiger partial charge is 0.592 e. The van der Waals surface area contributed by atoms with Gasteiger partial charge < -0.3 is 9.90 Å². The molecule has 0 aromatic heterocycles. The molecule has 8 heavy (non-hydrogen) atoms. The molecule has 0 saturated heterocycles. The quantitative estimate of drug-likeness (QED) is 0.226. The van der Waals surface area contributed by atoms with Crippen molar-refractivity contribution >= 4 is 6.29 Å². The average molecular weight is 183 g/mol. The van der Waals surface area contributed by atoms with E-state index < -0.39 is 0 Å². The summed E-state index contributed by atoms with van der Waals surface area (Å²) in [7, 11) is 0. The molecular weight excluding hydrogens is 178 g/mol. The fraction of sp³-hybridized carbons (Fsp3) is 0. The predicted molar refractivity (Wildman–Crippen MR) is 26.6 cm³/mol. The van der Waals surface area contributed by atoms with Crippen molar-refractivity contribution in [1.29, 1.82) is 0 Å². The van der Waals surface area contributed by atoms with E-state index in [2.05, 4.69) is 6.58 Å². The van der Waals surface area contributed by atoms with Gasteiger partial charge in [0.05, 0.1) is 0 Å². The van der Waals surface area contributed by atoms with E-state index in [1.165, 1.54) is 6.29 Å². The minimum atomic E-state index is -0.157. The van der Waals surface area contributed by atoms with Crippen molar-refractivity contribution in [3.05, 3.63) is 24.5 Å². The van der Waals surface area contributed by atoms with Gasteiger partial charge in [-0.1, -0.05) is 0 Å². The molecule has 0 radical (unpaired) electrons. The Balaban J connectivity index is 0. The number of hydrogen-bond acceptors (Lipinski definition) is 2. The molecule has 0 aromatic rings. The fourth-order valence-corrected chi connectivity index (χ4v) is 0.119. The predicted octanol–water partition coefficient (Wildman–Crippen LogP) is -2.27. The molecule has 0 aromatic carbocycles. The molecule has 38 valence electrons. The van der Waals surface area contributed by atoms with Crippen LogP contribution in [0.25, 0.3) is 0 Å². The first-order valence-electron chi connectivity index (χ1n) is 1.70. The van der Waals surface area contributed by atoms with Crippen LogP contribution in [0.2, 0.25) is 0 Å². The molecule has 3 heteroatoms. The summed E-state index contributed by atoms with van der Waals surface area (Å²) in [4.78, 5) is 9.36. The Morgan fingerprint density at radius 3 is 2.38 bits per heavy atom. The van der Waals surface area contributed by atoms with Crippen LogP contribution in [0, 0.1) is 0 Å². The van der Waals surface area contributed by atoms with Gasteiger partial charge in [0, 0.05) is 0 Å². The van der Waals surface area contributed by atoms with Crippen LogP contribution in [0.1, 0.15) is 0 Å². The summed E-state index contributed by atoms with van der Waals surface area (Å²) < 4.78 is 0. The van der Waals surface area contributed by atoms with Crippen molar-refractivity contribution < 1.29 is 68.1 Å². The molecule has 0 bridgehead atoms. The largest absolute Gasteiger partial charge is 1.00 e. The third-order valence-electron chi connectivity index (χ3n) is 0.416. The third kappa shape index (κ3) is 6.76. The molecule has 0 amide bonds. The molecular formula is C5H5O2Rb. The van der Waals surface area contributed by atoms with E-state index in [-0.39, 0.29) is 63.9 Å². The molecule has 0 saturated carbocycles. The van der Waals surface area contributed by atoms with Crippen molar-refractivity contribution in [1.82, 2.24) is 0 Å². The monoisotopic (exact) mass is 182 g/mol. The maximum atomic E-state index is 9.36. The van der Waals surface area contributed by atoms with E-state index in [0.29, 0.717) is 0 Å². The summed E-state index contributed by atoms with van der Waals surface area (Å²) in [5.41, 5.74) is 0. The Labute approximate surface area is 97.1 Å². The molecule has 1 N–H and O–H groups in total. The molecule has 0 atom stereocenters. The number of carbonyl (C=O) groups excluding carboxylic acids is 1. The number of rotatable bonds is 2. The van der Waals surface area contributed by atoms with Crippen LogP contribution in [-0.2, 0) is 4.79 Å². The minimum absolute atomic E-state index is 0. The number of allylic oxidation sites excluding steroid dienone is 2. The van der Waals surface area contributed by atoms with Crippen LogP contribution in [0.4, 0.5) is 0 Å². The zero-order valence-corrected chi connectivity index (χ0v) is 9.63. The van der Waals surface area contributed by atoms with E-state index in [0.717, 1.165) is 12.2 Å². The summed E-state index contributed by atoms with van der Waals surface area (Å²) in [6.07, 6.45) is 3.44. The van der Waals surface area contributed by atoms with Crippen LogP contribution < -0.4 is 58.2 Å². The van der Waals surface area contributed by atoms with Gasteiger partial charge in [-0.05, 0) is 12.0 Å². The SMILES string of the molecule is C=C/C(O)=C/[C-]=O.[Rb+]. The molecule has 0 aliphatic carbocycles. The molecule has 2 nitrogen and oxygen atoms in total. The fourth-order valence-electron chi connectivity index (χ4n) is 0.119. The van der Waals surface area contributed by atoms with Gasteiger partial charge in [-0.2, -0.15) is 6.08 Å². The van der Waals surface area contributed by atoms with Gasteiger partial charge in [0.15, 0.2) is 0 Å². The summed E-state index contributed by atoms with van der Waals surface area (Å²) >= 11 is 0. The second-order valence-electron chi connectivity index (χ2n) is 0.891. The Morgan fingerprint density at radius 2 is 2.25 bits per heavy atom. The number of hydrogen-bond donors (Lipinski definition) is 1. The van der Waals surface area contributed by atoms with Gasteiger partial charge in [-0.15, -0.1) is 12.7 Å². The average Bonchev–Trinajstić information content (AvgIpc) is 1.68. The summed E-state index contributed by atoms with van der Waals surface area (Å²) in [5, 5.41) is 8.34. The van der Waals surface area contributed by atoms with Crippen LogP contribution in [0.5, 0.6) is 0 Å². The van der Waals surface area contributed by atoms with Crippen LogP contribution in [0.15, 0.2) is 24.5 Å². The van der Waals surface area contributed by atoms with Crippen molar-refractivity contribution in [3.8, 4) is 0 Å². The van der Waals surface area contributed by atoms with E-state index >= 15 is 0 Å². The topological polar surface area (TPSA) is 37.3 Å². The maximum absolute atomic E-state index is 9.36. The number of aliphatic hydroxyl groups excluding tert-OH is 1. The Morgan fingerprint density at radius 1 is 1.75 bits per heavy atom. The van der Waals surface area contributed by atoms with Crippen molar-refractivity contribution in [3.63, 3.8) is 0 Å². The molecule has 0 rings (SSSR count). The zero-order chi connectivity index (χ0) is 5.70. The standard InChI is InChI=1S/C5H5O2.Rb/c1-2-5(7)3-4-6;/h2-3,7H,1H2;/q-1;+1/b5-3-;. The van der Waals surface area contributed by atoms with Gasteiger partial charge in [-0.25, -0.2) is 0 Å². The number of aliphatic hydroxyl groups is 1. The van der Waals surface area contributed by atoms with E-state index in [4.69, 9.17) is 5.11 Å². The first-order valence-corrected chi connectivity index (χ1v) is 1.70. The first-order chi connectivity index (χ1) is 3.31. The molecule has 0 spiro atoms. The van der Waals surface area contributed by atoms with Gasteiger partial charge >= 0.3 is 58.2 Å². The minimum Gasteiger partial charge on any atom is -0.592 e. The molecule has 0 aliphatic heterocycles. The normalized spacial score (nSPS) is 9.25. The summed E-state index contributed by atoms with van der Waals surface area (Å²) in [6.45, 7) is 3.18. The summed E-state index contributed by atoms with van der Waals surface area (Å²) in [5.74, 6) is -0.157. The Bertz CT molecular complexity index is 107. The third-order valence-corrected chi connectivity index (χ3v) is 0.416. The van der Waals surface area contributed by atoms with E-state index in [9.17, 15) is 4.79 Å². The van der Waals surface area contributed by atoms with Crippen molar-refractivity contribution in [2.75, 3.05) is 0 Å². The van der Waals surface area contributed by atoms with Gasteiger partial charge in [-0.3, -0.25) is 0 Å². The van der Waals surface area contributed by atoms with E-state index in [1.54, 1.807) is 0 Å². The zero-order valence-electron chi connectivity index (χ0n) is 4.72. The Hall–Kier alpha value is 0.755. The van der Waals surface area contributed by atoms with Crippen LogP contribution in [-0.4, -0.2) is 11.4 Å². The van der Waals surface area contributed by atoms with Gasteiger partial charge in [0.25, 0.3) is 0 Å². The van der Waals surface area contributed by atoms with Crippen molar-refractivity contribution in [2.45, 2.75) is 0 Å². The van der Waals surface area contributed by atoms with Crippen LogP contribution in [0.3, 0.4) is 0 Å². The first kappa shape index (κ1) is 11.5. The Kier molecular flexibility index (Phi) is 11.2. The van der Waals surface area contributed by atoms with E-state index in [1.807, 2.05) is 0 Å². The summed E-state index contributed by atoms with van der Waals surface area (Å²) in [6, 6.07) is 0. The van der Waals surface area contributed by atoms with Gasteiger partial charge in [0.2, 0.25) is 0 Å². The van der Waals surface area contributed by atoms with Crippen molar-refractivity contribution in [2.24, 2.45) is 0 Å². The molecule has 0 aliphatic rings. The second kappa shape index (κ2) is 7.76. The second-order valence-corrected chi connectivity index (χ2v) is 0.891. The molecule has 0 fully saturated rings.